The maximum absolute atomic E-state index is 14.1. The monoisotopic (exact) mass is 462 g/mol. The normalized spacial score (nSPS) is 10.8. The molecule has 2 aromatic carbocycles. The Bertz CT molecular complexity index is 1110. The van der Waals surface area contributed by atoms with Crippen LogP contribution in [0.4, 0.5) is 20.2 Å². The van der Waals surface area contributed by atoms with E-state index in [4.69, 9.17) is 16.3 Å². The van der Waals surface area contributed by atoms with E-state index >= 15 is 0 Å². The average molecular weight is 463 g/mol. The van der Waals surface area contributed by atoms with Gasteiger partial charge in [0.05, 0.1) is 29.5 Å². The fourth-order valence-corrected chi connectivity index (χ4v) is 3.22. The summed E-state index contributed by atoms with van der Waals surface area (Å²) in [4.78, 5) is 17.9. The van der Waals surface area contributed by atoms with Crippen LogP contribution in [0, 0.1) is 28.7 Å². The van der Waals surface area contributed by atoms with Crippen molar-refractivity contribution < 1.29 is 18.4 Å². The van der Waals surface area contributed by atoms with Crippen LogP contribution in [0.25, 0.3) is 11.3 Å². The lowest BCUT2D eigenvalue weighted by molar-refractivity contribution is -0.385. The standard InChI is InChI=1S/C22H21ClF2N4O3/c1-14-9-16(29(30)31)12-17(10-14)32-8-4-2-3-7-26-20-11-15(5-6-18(20)24)21-19(25)13-27-22(23)28-21/h5-6,9-13,26H,2-4,7-8H2,1H3. The molecule has 0 aliphatic carbocycles. The smallest absolute Gasteiger partial charge is 0.273 e. The first kappa shape index (κ1) is 23.3. The number of hydrogen-bond donors (Lipinski definition) is 1. The maximum atomic E-state index is 14.1. The Morgan fingerprint density at radius 1 is 1.12 bits per heavy atom. The Kier molecular flexibility index (Phi) is 7.88. The highest BCUT2D eigenvalue weighted by atomic mass is 35.5. The van der Waals surface area contributed by atoms with E-state index in [2.05, 4.69) is 15.3 Å². The van der Waals surface area contributed by atoms with Gasteiger partial charge in [0.25, 0.3) is 5.69 Å². The number of anilines is 1. The number of hydrogen-bond acceptors (Lipinski definition) is 6. The van der Waals surface area contributed by atoms with Crippen molar-refractivity contribution in [2.45, 2.75) is 26.2 Å². The van der Waals surface area contributed by atoms with Crippen LogP contribution < -0.4 is 10.1 Å². The van der Waals surface area contributed by atoms with Gasteiger partial charge in [0.2, 0.25) is 5.28 Å². The van der Waals surface area contributed by atoms with Crippen molar-refractivity contribution in [3.63, 3.8) is 0 Å². The van der Waals surface area contributed by atoms with Gasteiger partial charge in [0.1, 0.15) is 17.3 Å². The van der Waals surface area contributed by atoms with Crippen LogP contribution in [0.15, 0.2) is 42.6 Å². The van der Waals surface area contributed by atoms with Crippen LogP contribution in [0.3, 0.4) is 0 Å². The number of nitro benzene ring substituents is 1. The van der Waals surface area contributed by atoms with E-state index in [0.29, 0.717) is 24.5 Å². The summed E-state index contributed by atoms with van der Waals surface area (Å²) >= 11 is 5.73. The molecule has 0 fully saturated rings. The Labute approximate surface area is 188 Å². The number of nitrogens with zero attached hydrogens (tertiary/aromatic N) is 3. The van der Waals surface area contributed by atoms with E-state index in [0.717, 1.165) is 31.0 Å². The summed E-state index contributed by atoms with van der Waals surface area (Å²) in [7, 11) is 0. The third kappa shape index (κ3) is 6.34. The van der Waals surface area contributed by atoms with Gasteiger partial charge in [-0.2, -0.15) is 0 Å². The highest BCUT2D eigenvalue weighted by molar-refractivity contribution is 6.28. The van der Waals surface area contributed by atoms with Crippen LogP contribution in [-0.4, -0.2) is 28.0 Å². The molecular weight excluding hydrogens is 442 g/mol. The number of aromatic nitrogens is 2. The van der Waals surface area contributed by atoms with E-state index in [-0.39, 0.29) is 22.4 Å². The van der Waals surface area contributed by atoms with Crippen molar-refractivity contribution in [2.75, 3.05) is 18.5 Å². The lowest BCUT2D eigenvalue weighted by atomic mass is 10.1. The first-order chi connectivity index (χ1) is 15.3. The zero-order valence-electron chi connectivity index (χ0n) is 17.3. The molecule has 1 aromatic heterocycles. The number of non-ortho nitro benzene ring substituents is 1. The van der Waals surface area contributed by atoms with E-state index < -0.39 is 16.6 Å². The lowest BCUT2D eigenvalue weighted by Gasteiger charge is -2.10. The number of nitro groups is 1. The zero-order chi connectivity index (χ0) is 23.1. The minimum Gasteiger partial charge on any atom is -0.493 e. The van der Waals surface area contributed by atoms with Gasteiger partial charge in [0, 0.05) is 18.2 Å². The summed E-state index contributed by atoms with van der Waals surface area (Å²) in [6.45, 7) is 2.69. The van der Waals surface area contributed by atoms with Gasteiger partial charge in [0.15, 0.2) is 5.82 Å². The SMILES string of the molecule is Cc1cc(OCCCCCNc2cc(-c3nc(Cl)ncc3F)ccc2F)cc([N+](=O)[O-])c1. The molecule has 0 radical (unpaired) electrons. The molecule has 1 N–H and O–H groups in total. The Morgan fingerprint density at radius 3 is 2.72 bits per heavy atom. The van der Waals surface area contributed by atoms with Gasteiger partial charge in [-0.05, 0) is 67.6 Å². The average Bonchev–Trinajstić information content (AvgIpc) is 2.75. The summed E-state index contributed by atoms with van der Waals surface area (Å²) < 4.78 is 33.7. The van der Waals surface area contributed by atoms with Crippen molar-refractivity contribution in [3.05, 3.63) is 75.2 Å². The van der Waals surface area contributed by atoms with Crippen molar-refractivity contribution >= 4 is 23.0 Å². The maximum Gasteiger partial charge on any atom is 0.273 e. The minimum atomic E-state index is -0.647. The molecule has 3 rings (SSSR count). The van der Waals surface area contributed by atoms with Crippen LogP contribution in [-0.2, 0) is 0 Å². The summed E-state index contributed by atoms with van der Waals surface area (Å²) in [5, 5.41) is 13.8. The molecule has 0 aliphatic rings. The molecule has 0 saturated carbocycles. The molecule has 0 amide bonds. The number of ether oxygens (including phenoxy) is 1. The number of halogens is 3. The predicted molar refractivity (Wildman–Crippen MR) is 118 cm³/mol. The van der Waals surface area contributed by atoms with Gasteiger partial charge in [-0.25, -0.2) is 18.7 Å². The van der Waals surface area contributed by atoms with Gasteiger partial charge >= 0.3 is 0 Å². The van der Waals surface area contributed by atoms with Crippen LogP contribution >= 0.6 is 11.6 Å². The molecule has 10 heteroatoms. The molecule has 168 valence electrons. The molecular formula is C22H21ClF2N4O3. The molecule has 0 unspecified atom stereocenters. The van der Waals surface area contributed by atoms with Gasteiger partial charge in [-0.1, -0.05) is 0 Å². The summed E-state index contributed by atoms with van der Waals surface area (Å²) in [6, 6.07) is 8.78. The quantitative estimate of drug-likeness (QED) is 0.173. The molecule has 0 bridgehead atoms. The molecule has 1 heterocycles. The number of rotatable bonds is 10. The molecule has 0 aliphatic heterocycles. The third-order valence-electron chi connectivity index (χ3n) is 4.61. The summed E-state index contributed by atoms with van der Waals surface area (Å²) in [5.74, 6) is -0.643. The Morgan fingerprint density at radius 2 is 1.94 bits per heavy atom. The summed E-state index contributed by atoms with van der Waals surface area (Å²) in [5.41, 5.74) is 1.38. The van der Waals surface area contributed by atoms with E-state index in [1.807, 2.05) is 0 Å². The number of aryl methyl sites for hydroxylation is 1. The van der Waals surface area contributed by atoms with Crippen molar-refractivity contribution in [2.24, 2.45) is 0 Å². The highest BCUT2D eigenvalue weighted by Gasteiger charge is 2.12. The molecule has 3 aromatic rings. The lowest BCUT2D eigenvalue weighted by Crippen LogP contribution is -2.05. The predicted octanol–water partition coefficient (Wildman–Crippen LogP) is 5.95. The molecule has 0 atom stereocenters. The number of benzene rings is 2. The van der Waals surface area contributed by atoms with Gasteiger partial charge < -0.3 is 10.1 Å². The second kappa shape index (κ2) is 10.8. The Balaban J connectivity index is 1.46. The molecule has 32 heavy (non-hydrogen) atoms. The minimum absolute atomic E-state index is 0.00147. The van der Waals surface area contributed by atoms with Crippen LogP contribution in [0.2, 0.25) is 5.28 Å². The topological polar surface area (TPSA) is 90.2 Å². The Hall–Kier alpha value is -3.33. The van der Waals surface area contributed by atoms with E-state index in [1.165, 1.54) is 30.3 Å². The van der Waals surface area contributed by atoms with Crippen molar-refractivity contribution in [1.29, 1.82) is 0 Å². The van der Waals surface area contributed by atoms with Crippen LogP contribution in [0.5, 0.6) is 5.75 Å². The van der Waals surface area contributed by atoms with E-state index in [1.54, 1.807) is 13.0 Å². The first-order valence-corrected chi connectivity index (χ1v) is 10.3. The fourth-order valence-electron chi connectivity index (χ4n) is 3.09. The zero-order valence-corrected chi connectivity index (χ0v) is 18.0. The van der Waals surface area contributed by atoms with Crippen molar-refractivity contribution in [3.8, 4) is 17.0 Å². The number of nitrogens with one attached hydrogen (secondary N) is 1. The van der Waals surface area contributed by atoms with Gasteiger partial charge in [-0.3, -0.25) is 10.1 Å². The van der Waals surface area contributed by atoms with Gasteiger partial charge in [-0.15, -0.1) is 0 Å². The second-order valence-electron chi connectivity index (χ2n) is 7.13. The summed E-state index contributed by atoms with van der Waals surface area (Å²) in [6.07, 6.45) is 3.25. The largest absolute Gasteiger partial charge is 0.493 e. The van der Waals surface area contributed by atoms with E-state index in [9.17, 15) is 18.9 Å². The molecule has 0 spiro atoms. The molecule has 0 saturated heterocycles. The highest BCUT2D eigenvalue weighted by Crippen LogP contribution is 2.26. The fraction of sp³-hybridized carbons (Fsp3) is 0.273. The second-order valence-corrected chi connectivity index (χ2v) is 7.47. The third-order valence-corrected chi connectivity index (χ3v) is 4.79. The van der Waals surface area contributed by atoms with Crippen molar-refractivity contribution in [1.82, 2.24) is 9.97 Å². The van der Waals surface area contributed by atoms with Crippen LogP contribution in [0.1, 0.15) is 24.8 Å². The first-order valence-electron chi connectivity index (χ1n) is 9.94. The number of unbranched alkanes of at least 4 members (excludes halogenated alkanes) is 2. The molecule has 7 nitrogen and oxygen atoms in total.